The van der Waals surface area contributed by atoms with E-state index in [4.69, 9.17) is 4.74 Å². The molecule has 1 unspecified atom stereocenters. The summed E-state index contributed by atoms with van der Waals surface area (Å²) in [4.78, 5) is 0. The largest absolute Gasteiger partial charge is 0.493 e. The van der Waals surface area contributed by atoms with E-state index in [0.29, 0.717) is 12.0 Å². The maximum absolute atomic E-state index is 5.70. The monoisotopic (exact) mass is 261 g/mol. The van der Waals surface area contributed by atoms with Crippen molar-refractivity contribution in [3.8, 4) is 5.75 Å². The molecular weight excluding hydrogens is 234 g/mol. The summed E-state index contributed by atoms with van der Waals surface area (Å²) >= 11 is 0. The zero-order chi connectivity index (χ0) is 13.7. The van der Waals surface area contributed by atoms with Crippen molar-refractivity contribution in [2.45, 2.75) is 46.1 Å². The van der Waals surface area contributed by atoms with Crippen LogP contribution in [0.2, 0.25) is 0 Å². The lowest BCUT2D eigenvalue weighted by molar-refractivity contribution is 0.271. The van der Waals surface area contributed by atoms with Crippen molar-refractivity contribution in [2.24, 2.45) is 11.8 Å². The molecular formula is C17H27NO. The van der Waals surface area contributed by atoms with Gasteiger partial charge >= 0.3 is 0 Å². The summed E-state index contributed by atoms with van der Waals surface area (Å²) < 4.78 is 5.70. The number of hydrogen-bond acceptors (Lipinski definition) is 2. The van der Waals surface area contributed by atoms with Gasteiger partial charge in [0.15, 0.2) is 0 Å². The van der Waals surface area contributed by atoms with E-state index in [0.717, 1.165) is 24.8 Å². The Hall–Kier alpha value is -1.02. The van der Waals surface area contributed by atoms with Crippen molar-refractivity contribution in [3.63, 3.8) is 0 Å². The van der Waals surface area contributed by atoms with E-state index in [1.54, 1.807) is 0 Å². The summed E-state index contributed by atoms with van der Waals surface area (Å²) in [5.41, 5.74) is 1.34. The summed E-state index contributed by atoms with van der Waals surface area (Å²) in [7, 11) is 0. The zero-order valence-electron chi connectivity index (χ0n) is 12.5. The van der Waals surface area contributed by atoms with E-state index in [1.807, 2.05) is 0 Å². The molecule has 1 atom stereocenters. The molecule has 0 radical (unpaired) electrons. The molecule has 1 aliphatic carbocycles. The lowest BCUT2D eigenvalue weighted by atomic mass is 10.1. The molecule has 1 saturated carbocycles. The molecule has 0 amide bonds. The quantitative estimate of drug-likeness (QED) is 0.758. The van der Waals surface area contributed by atoms with Crippen LogP contribution in [0.4, 0.5) is 0 Å². The molecule has 0 aliphatic heterocycles. The van der Waals surface area contributed by atoms with Gasteiger partial charge in [0.1, 0.15) is 5.75 Å². The van der Waals surface area contributed by atoms with Crippen molar-refractivity contribution >= 4 is 0 Å². The fraction of sp³-hybridized carbons (Fsp3) is 0.647. The highest BCUT2D eigenvalue weighted by molar-refractivity contribution is 5.28. The van der Waals surface area contributed by atoms with E-state index in [1.165, 1.54) is 24.8 Å². The van der Waals surface area contributed by atoms with Gasteiger partial charge in [-0.1, -0.05) is 38.8 Å². The Morgan fingerprint density at radius 3 is 2.42 bits per heavy atom. The van der Waals surface area contributed by atoms with E-state index in [-0.39, 0.29) is 0 Å². The number of hydrogen-bond donors (Lipinski definition) is 1. The summed E-state index contributed by atoms with van der Waals surface area (Å²) in [5, 5.41) is 3.60. The van der Waals surface area contributed by atoms with E-state index >= 15 is 0 Å². The lowest BCUT2D eigenvalue weighted by Crippen LogP contribution is -2.20. The molecule has 1 fully saturated rings. The molecule has 1 aromatic rings. The second kappa shape index (κ2) is 6.95. The summed E-state index contributed by atoms with van der Waals surface area (Å²) in [6, 6.07) is 8.93. The predicted octanol–water partition coefficient (Wildman–Crippen LogP) is 4.17. The maximum atomic E-state index is 5.70. The molecule has 0 bridgehead atoms. The lowest BCUT2D eigenvalue weighted by Gasteiger charge is -2.15. The van der Waals surface area contributed by atoms with Crippen molar-refractivity contribution in [1.82, 2.24) is 5.32 Å². The van der Waals surface area contributed by atoms with Gasteiger partial charge < -0.3 is 10.1 Å². The minimum absolute atomic E-state index is 0.429. The molecule has 1 N–H and O–H groups in total. The number of rotatable bonds is 8. The molecule has 2 rings (SSSR count). The van der Waals surface area contributed by atoms with Gasteiger partial charge in [-0.25, -0.2) is 0 Å². The first-order valence-electron chi connectivity index (χ1n) is 7.61. The van der Waals surface area contributed by atoms with Crippen LogP contribution in [0.25, 0.3) is 0 Å². The van der Waals surface area contributed by atoms with Crippen molar-refractivity contribution in [1.29, 1.82) is 0 Å². The first kappa shape index (κ1) is 14.4. The van der Waals surface area contributed by atoms with Gasteiger partial charge in [-0.15, -0.1) is 0 Å². The Balaban J connectivity index is 1.75. The van der Waals surface area contributed by atoms with Crippen LogP contribution in [0.1, 0.15) is 51.6 Å². The van der Waals surface area contributed by atoms with Gasteiger partial charge in [0.2, 0.25) is 0 Å². The van der Waals surface area contributed by atoms with Gasteiger partial charge in [-0.05, 0) is 49.4 Å². The van der Waals surface area contributed by atoms with Crippen LogP contribution in [0.15, 0.2) is 24.3 Å². The SMILES string of the molecule is CC(C)COc1ccc(C(C)NCCC2CC2)cc1. The smallest absolute Gasteiger partial charge is 0.119 e. The molecule has 106 valence electrons. The normalized spacial score (nSPS) is 16.6. The van der Waals surface area contributed by atoms with Crippen LogP contribution in [-0.4, -0.2) is 13.2 Å². The van der Waals surface area contributed by atoms with Gasteiger partial charge in [-0.3, -0.25) is 0 Å². The van der Waals surface area contributed by atoms with Crippen LogP contribution in [0.3, 0.4) is 0 Å². The van der Waals surface area contributed by atoms with E-state index in [9.17, 15) is 0 Å². The molecule has 0 aromatic heterocycles. The van der Waals surface area contributed by atoms with Gasteiger partial charge in [0, 0.05) is 6.04 Å². The highest BCUT2D eigenvalue weighted by Gasteiger charge is 2.20. The average Bonchev–Trinajstić information content (AvgIpc) is 3.21. The Kier molecular flexibility index (Phi) is 5.26. The fourth-order valence-electron chi connectivity index (χ4n) is 2.14. The second-order valence-electron chi connectivity index (χ2n) is 6.18. The third-order valence-electron chi connectivity index (χ3n) is 3.66. The topological polar surface area (TPSA) is 21.3 Å². The van der Waals surface area contributed by atoms with Crippen molar-refractivity contribution in [3.05, 3.63) is 29.8 Å². The van der Waals surface area contributed by atoms with Crippen molar-refractivity contribution < 1.29 is 4.74 Å². The Bertz CT molecular complexity index is 367. The molecule has 2 heteroatoms. The third kappa shape index (κ3) is 5.23. The number of ether oxygens (including phenoxy) is 1. The van der Waals surface area contributed by atoms with Crippen LogP contribution < -0.4 is 10.1 Å². The molecule has 0 saturated heterocycles. The maximum Gasteiger partial charge on any atom is 0.119 e. The first-order valence-corrected chi connectivity index (χ1v) is 7.61. The van der Waals surface area contributed by atoms with Gasteiger partial charge in [0.25, 0.3) is 0 Å². The van der Waals surface area contributed by atoms with Gasteiger partial charge in [0.05, 0.1) is 6.61 Å². The Morgan fingerprint density at radius 1 is 1.16 bits per heavy atom. The number of nitrogens with one attached hydrogen (secondary N) is 1. The summed E-state index contributed by atoms with van der Waals surface area (Å²) in [6.45, 7) is 8.49. The molecule has 0 heterocycles. The minimum atomic E-state index is 0.429. The second-order valence-corrected chi connectivity index (χ2v) is 6.18. The van der Waals surface area contributed by atoms with E-state index < -0.39 is 0 Å². The fourth-order valence-corrected chi connectivity index (χ4v) is 2.14. The highest BCUT2D eigenvalue weighted by atomic mass is 16.5. The van der Waals surface area contributed by atoms with Crippen LogP contribution in [0, 0.1) is 11.8 Å². The zero-order valence-corrected chi connectivity index (χ0v) is 12.5. The average molecular weight is 261 g/mol. The summed E-state index contributed by atoms with van der Waals surface area (Å²) in [5.74, 6) is 2.55. The Labute approximate surface area is 117 Å². The molecule has 1 aliphatic rings. The van der Waals surface area contributed by atoms with Crippen LogP contribution >= 0.6 is 0 Å². The predicted molar refractivity (Wildman–Crippen MR) is 80.5 cm³/mol. The molecule has 0 spiro atoms. The summed E-state index contributed by atoms with van der Waals surface area (Å²) in [6.07, 6.45) is 4.22. The highest BCUT2D eigenvalue weighted by Crippen LogP contribution is 2.32. The van der Waals surface area contributed by atoms with Crippen LogP contribution in [0.5, 0.6) is 5.75 Å². The minimum Gasteiger partial charge on any atom is -0.493 e. The number of benzene rings is 1. The third-order valence-corrected chi connectivity index (χ3v) is 3.66. The molecule has 2 nitrogen and oxygen atoms in total. The van der Waals surface area contributed by atoms with E-state index in [2.05, 4.69) is 50.4 Å². The Morgan fingerprint density at radius 2 is 1.84 bits per heavy atom. The molecule has 1 aromatic carbocycles. The standard InChI is InChI=1S/C17H27NO/c1-13(2)12-19-17-8-6-16(7-9-17)14(3)18-11-10-15-4-5-15/h6-9,13-15,18H,4-5,10-12H2,1-3H3. The van der Waals surface area contributed by atoms with Gasteiger partial charge in [-0.2, -0.15) is 0 Å². The first-order chi connectivity index (χ1) is 9.15. The van der Waals surface area contributed by atoms with Crippen molar-refractivity contribution in [2.75, 3.05) is 13.2 Å². The molecule has 19 heavy (non-hydrogen) atoms. The van der Waals surface area contributed by atoms with Crippen LogP contribution in [-0.2, 0) is 0 Å².